The predicted octanol–water partition coefficient (Wildman–Crippen LogP) is 6.87. The van der Waals surface area contributed by atoms with E-state index in [1.807, 2.05) is 41.5 Å². The quantitative estimate of drug-likeness (QED) is 0.115. The van der Waals surface area contributed by atoms with E-state index in [-0.39, 0.29) is 50.0 Å². The fourth-order valence-corrected chi connectivity index (χ4v) is 7.10. The summed E-state index contributed by atoms with van der Waals surface area (Å²) in [6.07, 6.45) is -1.37. The van der Waals surface area contributed by atoms with Crippen molar-refractivity contribution >= 4 is 37.8 Å². The summed E-state index contributed by atoms with van der Waals surface area (Å²) in [4.78, 5) is 35.5. The van der Waals surface area contributed by atoms with Gasteiger partial charge in [-0.2, -0.15) is 0 Å². The molecule has 1 amide bonds. The summed E-state index contributed by atoms with van der Waals surface area (Å²) in [5, 5.41) is 20.8. The van der Waals surface area contributed by atoms with Gasteiger partial charge in [0.25, 0.3) is 0 Å². The molecule has 3 heterocycles. The van der Waals surface area contributed by atoms with Crippen molar-refractivity contribution in [3.63, 3.8) is 0 Å². The smallest absolute Gasteiger partial charge is 0.407 e. The van der Waals surface area contributed by atoms with Gasteiger partial charge in [0, 0.05) is 30.8 Å². The molecule has 2 aromatic heterocycles. The van der Waals surface area contributed by atoms with Crippen LogP contribution >= 0.6 is 11.6 Å². The molecule has 1 aliphatic heterocycles. The van der Waals surface area contributed by atoms with Gasteiger partial charge < -0.3 is 38.9 Å². The van der Waals surface area contributed by atoms with E-state index in [0.717, 1.165) is 11.1 Å². The first kappa shape index (κ1) is 42.0. The molecule has 14 nitrogen and oxygen atoms in total. The van der Waals surface area contributed by atoms with Crippen LogP contribution in [0.15, 0.2) is 22.7 Å². The number of esters is 1. The third-order valence-electron chi connectivity index (χ3n) is 9.34. The topological polar surface area (TPSA) is 170 Å². The van der Waals surface area contributed by atoms with Gasteiger partial charge in [-0.25, -0.2) is 14.8 Å². The maximum atomic E-state index is 12.4. The molecule has 0 spiro atoms. The summed E-state index contributed by atoms with van der Waals surface area (Å²) in [6, 6.07) is 4.87. The molecule has 0 aliphatic carbocycles. The average molecular weight is 775 g/mol. The standard InChI is InChI=1S/C37H55ClN6O8Si/c1-22-32(31-23(2)43-51-24(31)3)41-34(42-33(22)40-17-25-20-48-15-14-44(25)35(46)47)28-16-26(12-13-29(28)38)49-21-27(52-53(10,11)37(7,8)9)18-39-19-30(45)50-36(4,5)6/h12-13,16,25,27,39H,14-15,17-21H2,1-11H3,(H,46,47)(H,40,41,42)/t25?,27-/m1/s1. The SMILES string of the molecule is Cc1noc(C)c1-c1nc(-c2cc(OC[C@@H](CNCC(=O)OC(C)(C)C)O[Si](C)(C)C(C)(C)C)ccc2Cl)nc(NCC2COCCN2C(=O)O)c1C. The van der Waals surface area contributed by atoms with Crippen molar-refractivity contribution in [1.29, 1.82) is 0 Å². The molecule has 292 valence electrons. The van der Waals surface area contributed by atoms with E-state index in [1.54, 1.807) is 18.2 Å². The highest BCUT2D eigenvalue weighted by molar-refractivity contribution is 6.74. The van der Waals surface area contributed by atoms with Gasteiger partial charge in [0.1, 0.15) is 29.5 Å². The molecule has 0 bridgehead atoms. The first-order valence-corrected chi connectivity index (χ1v) is 21.1. The van der Waals surface area contributed by atoms with Crippen LogP contribution in [0.1, 0.15) is 58.6 Å². The van der Waals surface area contributed by atoms with Crippen LogP contribution in [0.3, 0.4) is 0 Å². The number of anilines is 1. The van der Waals surface area contributed by atoms with Gasteiger partial charge in [0.2, 0.25) is 0 Å². The zero-order chi connectivity index (χ0) is 39.3. The molecule has 53 heavy (non-hydrogen) atoms. The molecule has 4 rings (SSSR count). The summed E-state index contributed by atoms with van der Waals surface area (Å²) >= 11 is 6.81. The van der Waals surface area contributed by atoms with Gasteiger partial charge in [-0.15, -0.1) is 0 Å². The first-order chi connectivity index (χ1) is 24.7. The lowest BCUT2D eigenvalue weighted by atomic mass is 10.0. The fraction of sp³-hybridized carbons (Fsp3) is 0.595. The number of benzene rings is 1. The zero-order valence-electron chi connectivity index (χ0n) is 32.8. The number of hydrogen-bond acceptors (Lipinski definition) is 12. The van der Waals surface area contributed by atoms with Crippen LogP contribution in [0, 0.1) is 20.8 Å². The summed E-state index contributed by atoms with van der Waals surface area (Å²) < 4.78 is 29.6. The van der Waals surface area contributed by atoms with E-state index in [1.165, 1.54) is 4.90 Å². The van der Waals surface area contributed by atoms with E-state index in [4.69, 9.17) is 44.7 Å². The third kappa shape index (κ3) is 11.1. The van der Waals surface area contributed by atoms with Crippen LogP contribution < -0.4 is 15.4 Å². The molecule has 16 heteroatoms. The molecule has 3 aromatic rings. The molecular weight excluding hydrogens is 720 g/mol. The summed E-state index contributed by atoms with van der Waals surface area (Å²) in [7, 11) is -2.22. The predicted molar refractivity (Wildman–Crippen MR) is 206 cm³/mol. The minimum absolute atomic E-state index is 0.0381. The Balaban J connectivity index is 1.63. The number of morpholine rings is 1. The van der Waals surface area contributed by atoms with E-state index in [0.29, 0.717) is 58.3 Å². The van der Waals surface area contributed by atoms with E-state index >= 15 is 0 Å². The molecule has 1 aliphatic rings. The highest BCUT2D eigenvalue weighted by Crippen LogP contribution is 2.38. The number of carbonyl (C=O) groups is 2. The monoisotopic (exact) mass is 774 g/mol. The minimum atomic E-state index is -2.22. The first-order valence-electron chi connectivity index (χ1n) is 17.8. The number of halogens is 1. The number of rotatable bonds is 14. The number of hydrogen-bond donors (Lipinski definition) is 3. The lowest BCUT2D eigenvalue weighted by molar-refractivity contribution is -0.153. The van der Waals surface area contributed by atoms with E-state index in [2.05, 4.69) is 49.7 Å². The molecule has 1 unspecified atom stereocenters. The Morgan fingerprint density at radius 2 is 1.85 bits per heavy atom. The average Bonchev–Trinajstić information content (AvgIpc) is 3.39. The molecule has 2 atom stereocenters. The van der Waals surface area contributed by atoms with Crippen LogP contribution in [0.4, 0.5) is 10.6 Å². The van der Waals surface area contributed by atoms with Crippen molar-refractivity contribution in [1.82, 2.24) is 25.3 Å². The second kappa shape index (κ2) is 17.1. The number of carboxylic acid groups (broad SMARTS) is 1. The number of carbonyl (C=O) groups excluding carboxylic acids is 1. The van der Waals surface area contributed by atoms with E-state index in [9.17, 15) is 14.7 Å². The Labute approximate surface area is 318 Å². The van der Waals surface area contributed by atoms with Gasteiger partial charge in [-0.3, -0.25) is 9.69 Å². The molecule has 1 aromatic carbocycles. The van der Waals surface area contributed by atoms with Gasteiger partial charge >= 0.3 is 12.1 Å². The maximum Gasteiger partial charge on any atom is 0.407 e. The molecule has 3 N–H and O–H groups in total. The Hall–Kier alpha value is -3.76. The van der Waals surface area contributed by atoms with Crippen LogP contribution in [0.2, 0.25) is 23.2 Å². The number of amides is 1. The number of nitrogens with one attached hydrogen (secondary N) is 2. The highest BCUT2D eigenvalue weighted by atomic mass is 35.5. The normalized spacial score (nSPS) is 16.0. The summed E-state index contributed by atoms with van der Waals surface area (Å²) in [6.45, 7) is 23.7. The lowest BCUT2D eigenvalue weighted by Crippen LogP contribution is -2.51. The second-order valence-electron chi connectivity index (χ2n) is 15.8. The second-order valence-corrected chi connectivity index (χ2v) is 21.0. The fourth-order valence-electron chi connectivity index (χ4n) is 5.56. The van der Waals surface area contributed by atoms with Gasteiger partial charge in [-0.1, -0.05) is 37.5 Å². The van der Waals surface area contributed by atoms with Crippen molar-refractivity contribution in [2.75, 3.05) is 51.3 Å². The Morgan fingerprint density at radius 1 is 1.13 bits per heavy atom. The summed E-state index contributed by atoms with van der Waals surface area (Å²) in [5.41, 5.74) is 2.67. The zero-order valence-corrected chi connectivity index (χ0v) is 34.6. The van der Waals surface area contributed by atoms with Crippen LogP contribution in [-0.2, 0) is 18.7 Å². The largest absolute Gasteiger partial charge is 0.491 e. The molecule has 0 radical (unpaired) electrons. The molecule has 1 saturated heterocycles. The van der Waals surface area contributed by atoms with Crippen LogP contribution in [0.5, 0.6) is 5.75 Å². The Morgan fingerprint density at radius 3 is 2.47 bits per heavy atom. The number of nitrogens with zero attached hydrogens (tertiary/aromatic N) is 4. The minimum Gasteiger partial charge on any atom is -0.491 e. The molecular formula is C37H55ClN6O8Si. The highest BCUT2D eigenvalue weighted by Gasteiger charge is 2.39. The van der Waals surface area contributed by atoms with Crippen molar-refractivity contribution < 1.29 is 37.9 Å². The number of ether oxygens (including phenoxy) is 3. The maximum absolute atomic E-state index is 12.4. The van der Waals surface area contributed by atoms with Crippen molar-refractivity contribution in [3.8, 4) is 28.4 Å². The number of aryl methyl sites for hydroxylation is 2. The van der Waals surface area contributed by atoms with Gasteiger partial charge in [0.15, 0.2) is 14.1 Å². The molecule has 0 saturated carbocycles. The lowest BCUT2D eigenvalue weighted by Gasteiger charge is -2.39. The van der Waals surface area contributed by atoms with Crippen molar-refractivity contribution in [2.45, 2.75) is 98.2 Å². The number of aromatic nitrogens is 3. The Bertz CT molecular complexity index is 1740. The Kier molecular flexibility index (Phi) is 13.6. The van der Waals surface area contributed by atoms with E-state index < -0.39 is 26.1 Å². The van der Waals surface area contributed by atoms with Crippen LogP contribution in [-0.4, -0.2) is 109 Å². The van der Waals surface area contributed by atoms with Crippen LogP contribution in [0.25, 0.3) is 22.6 Å². The molecule has 1 fully saturated rings. The third-order valence-corrected chi connectivity index (χ3v) is 14.2. The summed E-state index contributed by atoms with van der Waals surface area (Å²) in [5.74, 6) is 1.60. The van der Waals surface area contributed by atoms with Gasteiger partial charge in [-0.05, 0) is 77.9 Å². The van der Waals surface area contributed by atoms with Crippen molar-refractivity contribution in [3.05, 3.63) is 40.2 Å². The van der Waals surface area contributed by atoms with Crippen molar-refractivity contribution in [2.24, 2.45) is 0 Å². The van der Waals surface area contributed by atoms with Gasteiger partial charge in [0.05, 0.1) is 53.9 Å².